The first kappa shape index (κ1) is 19.0. The first-order chi connectivity index (χ1) is 13.0. The number of nitrogens with zero attached hydrogens (tertiary/aromatic N) is 1. The molecule has 0 spiro atoms. The van der Waals surface area contributed by atoms with E-state index in [9.17, 15) is 4.79 Å². The second kappa shape index (κ2) is 8.73. The fourth-order valence-electron chi connectivity index (χ4n) is 2.68. The number of anilines is 1. The number of hydrogen-bond acceptors (Lipinski definition) is 4. The molecule has 0 saturated heterocycles. The summed E-state index contributed by atoms with van der Waals surface area (Å²) < 4.78 is 3.39. The Morgan fingerprint density at radius 2 is 1.89 bits per heavy atom. The summed E-state index contributed by atoms with van der Waals surface area (Å²) in [7, 11) is 0. The van der Waals surface area contributed by atoms with Gasteiger partial charge < -0.3 is 10.0 Å². The Balaban J connectivity index is 1.67. The number of pyridine rings is 1. The minimum Gasteiger partial charge on any atom is -0.348 e. The van der Waals surface area contributed by atoms with E-state index in [-0.39, 0.29) is 5.91 Å². The average molecular weight is 378 g/mol. The predicted molar refractivity (Wildman–Crippen MR) is 112 cm³/mol. The van der Waals surface area contributed by atoms with E-state index < -0.39 is 0 Å². The summed E-state index contributed by atoms with van der Waals surface area (Å²) in [6.07, 6.45) is 3.47. The van der Waals surface area contributed by atoms with Crippen molar-refractivity contribution in [3.63, 3.8) is 0 Å². The summed E-state index contributed by atoms with van der Waals surface area (Å²) in [5.74, 6) is -0.0987. The molecule has 4 nitrogen and oxygen atoms in total. The van der Waals surface area contributed by atoms with Crippen molar-refractivity contribution in [1.29, 1.82) is 0 Å². The summed E-state index contributed by atoms with van der Waals surface area (Å²) in [5.41, 5.74) is 6.12. The fourth-order valence-corrected chi connectivity index (χ4v) is 3.48. The van der Waals surface area contributed by atoms with Gasteiger partial charge in [0.2, 0.25) is 0 Å². The lowest BCUT2D eigenvalue weighted by Gasteiger charge is -2.12. The molecule has 2 aromatic carbocycles. The molecule has 0 aliphatic rings. The van der Waals surface area contributed by atoms with Gasteiger partial charge in [-0.2, -0.15) is 0 Å². The lowest BCUT2D eigenvalue weighted by atomic mass is 10.1. The number of aromatic nitrogens is 1. The largest absolute Gasteiger partial charge is 0.348 e. The van der Waals surface area contributed by atoms with Crippen LogP contribution in [0.2, 0.25) is 0 Å². The third-order valence-corrected chi connectivity index (χ3v) is 5.28. The van der Waals surface area contributed by atoms with Gasteiger partial charge in [-0.1, -0.05) is 29.8 Å². The van der Waals surface area contributed by atoms with Crippen LogP contribution in [0.5, 0.6) is 0 Å². The molecule has 0 unspecified atom stereocenters. The molecule has 5 heteroatoms. The Morgan fingerprint density at radius 1 is 1.04 bits per heavy atom. The maximum atomic E-state index is 12.5. The summed E-state index contributed by atoms with van der Waals surface area (Å²) in [6, 6.07) is 15.9. The highest BCUT2D eigenvalue weighted by molar-refractivity contribution is 8.00. The molecule has 3 aromatic rings. The minimum atomic E-state index is -0.0987. The van der Waals surface area contributed by atoms with Gasteiger partial charge >= 0.3 is 0 Å². The molecule has 0 radical (unpaired) electrons. The molecular formula is C22H23N3OS. The molecule has 2 N–H and O–H groups in total. The van der Waals surface area contributed by atoms with Crippen molar-refractivity contribution in [3.8, 4) is 0 Å². The Hall–Kier alpha value is -2.79. The van der Waals surface area contributed by atoms with Gasteiger partial charge in [0.15, 0.2) is 0 Å². The minimum absolute atomic E-state index is 0.0987. The maximum Gasteiger partial charge on any atom is 0.251 e. The monoisotopic (exact) mass is 377 g/mol. The van der Waals surface area contributed by atoms with E-state index in [1.807, 2.05) is 37.3 Å². The van der Waals surface area contributed by atoms with Crippen molar-refractivity contribution >= 4 is 23.5 Å². The van der Waals surface area contributed by atoms with Crippen LogP contribution in [-0.4, -0.2) is 10.9 Å². The van der Waals surface area contributed by atoms with Gasteiger partial charge in [0.1, 0.15) is 0 Å². The molecule has 1 amide bonds. The lowest BCUT2D eigenvalue weighted by molar-refractivity contribution is 0.0951. The van der Waals surface area contributed by atoms with Gasteiger partial charge in [-0.15, -0.1) is 0 Å². The number of benzene rings is 2. The Bertz CT molecular complexity index is 942. The second-order valence-electron chi connectivity index (χ2n) is 6.55. The molecule has 0 aliphatic carbocycles. The van der Waals surface area contributed by atoms with E-state index in [0.29, 0.717) is 12.1 Å². The zero-order valence-electron chi connectivity index (χ0n) is 15.7. The molecule has 0 bridgehead atoms. The van der Waals surface area contributed by atoms with Crippen LogP contribution >= 0.6 is 11.9 Å². The smallest absolute Gasteiger partial charge is 0.251 e. The highest BCUT2D eigenvalue weighted by Gasteiger charge is 2.09. The van der Waals surface area contributed by atoms with Crippen LogP contribution in [0.4, 0.5) is 5.69 Å². The number of carbonyl (C=O) groups excluding carboxylic acids is 1. The molecule has 0 atom stereocenters. The van der Waals surface area contributed by atoms with Gasteiger partial charge in [0.05, 0.1) is 0 Å². The molecule has 0 saturated carbocycles. The van der Waals surface area contributed by atoms with E-state index in [1.54, 1.807) is 24.3 Å². The average Bonchev–Trinajstić information content (AvgIpc) is 2.67. The van der Waals surface area contributed by atoms with Gasteiger partial charge in [-0.25, -0.2) is 0 Å². The van der Waals surface area contributed by atoms with E-state index in [2.05, 4.69) is 47.1 Å². The number of carbonyl (C=O) groups is 1. The van der Waals surface area contributed by atoms with Crippen molar-refractivity contribution in [2.45, 2.75) is 32.2 Å². The van der Waals surface area contributed by atoms with Gasteiger partial charge in [-0.3, -0.25) is 9.78 Å². The quantitative estimate of drug-likeness (QED) is 0.590. The van der Waals surface area contributed by atoms with E-state index in [0.717, 1.165) is 16.8 Å². The Labute approximate surface area is 164 Å². The van der Waals surface area contributed by atoms with Gasteiger partial charge in [-0.05, 0) is 73.7 Å². The van der Waals surface area contributed by atoms with Crippen LogP contribution in [0, 0.1) is 20.8 Å². The number of aryl methyl sites for hydroxylation is 3. The highest BCUT2D eigenvalue weighted by atomic mass is 32.2. The summed E-state index contributed by atoms with van der Waals surface area (Å²) in [4.78, 5) is 17.7. The summed E-state index contributed by atoms with van der Waals surface area (Å²) in [5, 5.41) is 2.94. The number of hydrogen-bond donors (Lipinski definition) is 2. The topological polar surface area (TPSA) is 54.0 Å². The SMILES string of the molecule is Cc1ccc(SNc2cc(C(=O)NCc3cccnc3)ccc2C)c(C)c1. The number of nitrogens with one attached hydrogen (secondary N) is 2. The van der Waals surface area contributed by atoms with Gasteiger partial charge in [0, 0.05) is 35.1 Å². The van der Waals surface area contributed by atoms with Crippen LogP contribution in [0.15, 0.2) is 65.8 Å². The van der Waals surface area contributed by atoms with Crippen molar-refractivity contribution < 1.29 is 4.79 Å². The van der Waals surface area contributed by atoms with E-state index in [1.165, 1.54) is 16.0 Å². The maximum absolute atomic E-state index is 12.5. The molecule has 1 heterocycles. The molecule has 0 fully saturated rings. The zero-order chi connectivity index (χ0) is 19.2. The van der Waals surface area contributed by atoms with E-state index in [4.69, 9.17) is 0 Å². The van der Waals surface area contributed by atoms with Crippen molar-refractivity contribution in [1.82, 2.24) is 10.3 Å². The summed E-state index contributed by atoms with van der Waals surface area (Å²) in [6.45, 7) is 6.68. The van der Waals surface area contributed by atoms with Crippen LogP contribution in [-0.2, 0) is 6.54 Å². The van der Waals surface area contributed by atoms with Crippen LogP contribution < -0.4 is 10.0 Å². The zero-order valence-corrected chi connectivity index (χ0v) is 16.6. The molecule has 27 heavy (non-hydrogen) atoms. The van der Waals surface area contributed by atoms with Crippen LogP contribution in [0.25, 0.3) is 0 Å². The van der Waals surface area contributed by atoms with E-state index >= 15 is 0 Å². The Morgan fingerprint density at radius 3 is 2.63 bits per heavy atom. The highest BCUT2D eigenvalue weighted by Crippen LogP contribution is 2.27. The third kappa shape index (κ3) is 5.11. The first-order valence-electron chi connectivity index (χ1n) is 8.81. The second-order valence-corrected chi connectivity index (χ2v) is 7.39. The van der Waals surface area contributed by atoms with Crippen molar-refractivity contribution in [3.05, 3.63) is 88.7 Å². The lowest BCUT2D eigenvalue weighted by Crippen LogP contribution is -2.22. The van der Waals surface area contributed by atoms with Crippen molar-refractivity contribution in [2.24, 2.45) is 0 Å². The fraction of sp³-hybridized carbons (Fsp3) is 0.182. The molecule has 0 aliphatic heterocycles. The van der Waals surface area contributed by atoms with Gasteiger partial charge in [0.25, 0.3) is 5.91 Å². The normalized spacial score (nSPS) is 10.5. The first-order valence-corrected chi connectivity index (χ1v) is 9.62. The van der Waals surface area contributed by atoms with Crippen molar-refractivity contribution in [2.75, 3.05) is 4.72 Å². The standard InChI is InChI=1S/C22H23N3OS/c1-15-6-9-21(17(3)11-15)27-25-20-12-19(8-7-16(20)2)22(26)24-14-18-5-4-10-23-13-18/h4-13,25H,14H2,1-3H3,(H,24,26). The molecule has 1 aromatic heterocycles. The predicted octanol–water partition coefficient (Wildman–Crippen LogP) is 5.06. The molecular weight excluding hydrogens is 354 g/mol. The summed E-state index contributed by atoms with van der Waals surface area (Å²) >= 11 is 1.56. The van der Waals surface area contributed by atoms with Crippen LogP contribution in [0.3, 0.4) is 0 Å². The molecule has 138 valence electrons. The Kier molecular flexibility index (Phi) is 6.14. The third-order valence-electron chi connectivity index (χ3n) is 4.28. The number of rotatable bonds is 6. The number of amides is 1. The molecule has 3 rings (SSSR count). The van der Waals surface area contributed by atoms with Crippen LogP contribution in [0.1, 0.15) is 32.6 Å².